The lowest BCUT2D eigenvalue weighted by molar-refractivity contribution is 0.485. The highest BCUT2D eigenvalue weighted by molar-refractivity contribution is 4.81. The zero-order valence-electron chi connectivity index (χ0n) is 8.06. The maximum atomic E-state index is 3.48. The Morgan fingerprint density at radius 3 is 2.55 bits per heavy atom. The lowest BCUT2D eigenvalue weighted by Crippen LogP contribution is -2.28. The summed E-state index contributed by atoms with van der Waals surface area (Å²) in [7, 11) is 0. The SMILES string of the molecule is C/C=C/CNC(CC)CCC. The van der Waals surface area contributed by atoms with Crippen LogP contribution in [0.4, 0.5) is 0 Å². The van der Waals surface area contributed by atoms with Crippen LogP contribution in [0, 0.1) is 0 Å². The summed E-state index contributed by atoms with van der Waals surface area (Å²) in [4.78, 5) is 0. The van der Waals surface area contributed by atoms with Gasteiger partial charge in [0.05, 0.1) is 0 Å². The van der Waals surface area contributed by atoms with Gasteiger partial charge in [-0.05, 0) is 19.8 Å². The first-order valence-corrected chi connectivity index (χ1v) is 4.69. The van der Waals surface area contributed by atoms with E-state index >= 15 is 0 Å². The first-order chi connectivity index (χ1) is 5.35. The minimum atomic E-state index is 0.719. The maximum absolute atomic E-state index is 3.48. The van der Waals surface area contributed by atoms with Crippen LogP contribution in [-0.4, -0.2) is 12.6 Å². The van der Waals surface area contributed by atoms with E-state index in [9.17, 15) is 0 Å². The van der Waals surface area contributed by atoms with Crippen LogP contribution in [0.5, 0.6) is 0 Å². The topological polar surface area (TPSA) is 12.0 Å². The Labute approximate surface area is 70.9 Å². The molecule has 11 heavy (non-hydrogen) atoms. The monoisotopic (exact) mass is 155 g/mol. The average molecular weight is 155 g/mol. The third-order valence-electron chi connectivity index (χ3n) is 1.89. The van der Waals surface area contributed by atoms with Crippen LogP contribution in [0.1, 0.15) is 40.0 Å². The Morgan fingerprint density at radius 1 is 1.36 bits per heavy atom. The normalized spacial score (nSPS) is 14.1. The van der Waals surface area contributed by atoms with E-state index in [-0.39, 0.29) is 0 Å². The van der Waals surface area contributed by atoms with E-state index in [0.717, 1.165) is 12.6 Å². The van der Waals surface area contributed by atoms with Crippen molar-refractivity contribution in [3.05, 3.63) is 12.2 Å². The summed E-state index contributed by atoms with van der Waals surface area (Å²) in [5, 5.41) is 3.48. The minimum absolute atomic E-state index is 0.719. The van der Waals surface area contributed by atoms with Crippen LogP contribution in [-0.2, 0) is 0 Å². The van der Waals surface area contributed by atoms with Crippen molar-refractivity contribution in [2.75, 3.05) is 6.54 Å². The summed E-state index contributed by atoms with van der Waals surface area (Å²) in [5.41, 5.74) is 0. The van der Waals surface area contributed by atoms with Crippen LogP contribution < -0.4 is 5.32 Å². The number of hydrogen-bond acceptors (Lipinski definition) is 1. The summed E-state index contributed by atoms with van der Waals surface area (Å²) in [6.45, 7) is 7.56. The van der Waals surface area contributed by atoms with Gasteiger partial charge in [0.15, 0.2) is 0 Å². The molecule has 0 saturated carbocycles. The van der Waals surface area contributed by atoms with Gasteiger partial charge in [-0.15, -0.1) is 0 Å². The fourth-order valence-electron chi connectivity index (χ4n) is 1.15. The van der Waals surface area contributed by atoms with E-state index in [4.69, 9.17) is 0 Å². The predicted molar refractivity (Wildman–Crippen MR) is 51.8 cm³/mol. The lowest BCUT2D eigenvalue weighted by Gasteiger charge is -2.13. The molecule has 1 N–H and O–H groups in total. The minimum Gasteiger partial charge on any atom is -0.311 e. The van der Waals surface area contributed by atoms with E-state index in [2.05, 4.69) is 38.2 Å². The van der Waals surface area contributed by atoms with Crippen LogP contribution in [0.25, 0.3) is 0 Å². The van der Waals surface area contributed by atoms with Gasteiger partial charge in [0.2, 0.25) is 0 Å². The van der Waals surface area contributed by atoms with Gasteiger partial charge in [-0.2, -0.15) is 0 Å². The molecule has 0 aliphatic carbocycles. The van der Waals surface area contributed by atoms with Crippen molar-refractivity contribution in [2.24, 2.45) is 0 Å². The third kappa shape index (κ3) is 6.11. The van der Waals surface area contributed by atoms with Crippen LogP contribution in [0.15, 0.2) is 12.2 Å². The van der Waals surface area contributed by atoms with E-state index in [1.54, 1.807) is 0 Å². The second-order valence-electron chi connectivity index (χ2n) is 2.87. The molecule has 1 nitrogen and oxygen atoms in total. The Hall–Kier alpha value is -0.300. The third-order valence-corrected chi connectivity index (χ3v) is 1.89. The molecule has 0 aliphatic rings. The van der Waals surface area contributed by atoms with Crippen molar-refractivity contribution in [2.45, 2.75) is 46.1 Å². The fraction of sp³-hybridized carbons (Fsp3) is 0.800. The van der Waals surface area contributed by atoms with E-state index in [1.807, 2.05) is 0 Å². The van der Waals surface area contributed by atoms with Crippen molar-refractivity contribution in [3.63, 3.8) is 0 Å². The molecule has 0 spiro atoms. The van der Waals surface area contributed by atoms with Crippen molar-refractivity contribution in [1.82, 2.24) is 5.32 Å². The summed E-state index contributed by atoms with van der Waals surface area (Å²) in [6.07, 6.45) is 8.07. The van der Waals surface area contributed by atoms with Gasteiger partial charge < -0.3 is 5.32 Å². The molecule has 0 radical (unpaired) electrons. The molecule has 66 valence electrons. The summed E-state index contributed by atoms with van der Waals surface area (Å²) >= 11 is 0. The van der Waals surface area contributed by atoms with Crippen molar-refractivity contribution >= 4 is 0 Å². The molecule has 0 aromatic heterocycles. The molecule has 0 heterocycles. The molecule has 0 rings (SSSR count). The predicted octanol–water partition coefficient (Wildman–Crippen LogP) is 2.73. The van der Waals surface area contributed by atoms with Crippen molar-refractivity contribution in [3.8, 4) is 0 Å². The zero-order valence-corrected chi connectivity index (χ0v) is 8.06. The number of rotatable bonds is 6. The zero-order chi connectivity index (χ0) is 8.53. The van der Waals surface area contributed by atoms with Gasteiger partial charge >= 0.3 is 0 Å². The Kier molecular flexibility index (Phi) is 7.59. The fourth-order valence-corrected chi connectivity index (χ4v) is 1.15. The van der Waals surface area contributed by atoms with Gasteiger partial charge in [0.1, 0.15) is 0 Å². The highest BCUT2D eigenvalue weighted by Crippen LogP contribution is 1.99. The second kappa shape index (κ2) is 7.80. The average Bonchev–Trinajstić information content (AvgIpc) is 2.03. The Balaban J connectivity index is 3.35. The smallest absolute Gasteiger partial charge is 0.0137 e. The van der Waals surface area contributed by atoms with Gasteiger partial charge in [0, 0.05) is 12.6 Å². The molecule has 0 aliphatic heterocycles. The Bertz CT molecular complexity index is 97.0. The first kappa shape index (κ1) is 10.7. The molecule has 1 unspecified atom stereocenters. The molecular weight excluding hydrogens is 134 g/mol. The van der Waals surface area contributed by atoms with Gasteiger partial charge in [-0.3, -0.25) is 0 Å². The molecule has 0 saturated heterocycles. The van der Waals surface area contributed by atoms with Crippen molar-refractivity contribution < 1.29 is 0 Å². The molecule has 1 heteroatoms. The summed E-state index contributed by atoms with van der Waals surface area (Å²) < 4.78 is 0. The molecule has 1 atom stereocenters. The largest absolute Gasteiger partial charge is 0.311 e. The van der Waals surface area contributed by atoms with E-state index in [1.165, 1.54) is 19.3 Å². The summed E-state index contributed by atoms with van der Waals surface area (Å²) in [6, 6.07) is 0.719. The highest BCUT2D eigenvalue weighted by Gasteiger charge is 2.00. The molecule has 0 amide bonds. The van der Waals surface area contributed by atoms with E-state index in [0.29, 0.717) is 0 Å². The number of nitrogens with one attached hydrogen (secondary N) is 1. The molecule has 0 aromatic rings. The standard InChI is InChI=1S/C10H21N/c1-4-7-9-11-10(6-3)8-5-2/h4,7,10-11H,5-6,8-9H2,1-3H3/b7-4+. The van der Waals surface area contributed by atoms with E-state index < -0.39 is 0 Å². The molecule has 0 fully saturated rings. The van der Waals surface area contributed by atoms with Crippen LogP contribution in [0.2, 0.25) is 0 Å². The second-order valence-corrected chi connectivity index (χ2v) is 2.87. The highest BCUT2D eigenvalue weighted by atomic mass is 14.9. The van der Waals surface area contributed by atoms with Crippen LogP contribution in [0.3, 0.4) is 0 Å². The van der Waals surface area contributed by atoms with Gasteiger partial charge in [-0.25, -0.2) is 0 Å². The maximum Gasteiger partial charge on any atom is 0.0137 e. The molecule has 0 bridgehead atoms. The van der Waals surface area contributed by atoms with Crippen molar-refractivity contribution in [1.29, 1.82) is 0 Å². The summed E-state index contributed by atoms with van der Waals surface area (Å²) in [5.74, 6) is 0. The Morgan fingerprint density at radius 2 is 2.09 bits per heavy atom. The number of hydrogen-bond donors (Lipinski definition) is 1. The van der Waals surface area contributed by atoms with Gasteiger partial charge in [-0.1, -0.05) is 32.4 Å². The first-order valence-electron chi connectivity index (χ1n) is 4.69. The molecular formula is C10H21N. The van der Waals surface area contributed by atoms with Crippen LogP contribution >= 0.6 is 0 Å². The molecule has 0 aromatic carbocycles. The number of allylic oxidation sites excluding steroid dienone is 1. The quantitative estimate of drug-likeness (QED) is 0.582. The lowest BCUT2D eigenvalue weighted by atomic mass is 10.1. The van der Waals surface area contributed by atoms with Gasteiger partial charge in [0.25, 0.3) is 0 Å².